The van der Waals surface area contributed by atoms with Gasteiger partial charge in [-0.05, 0) is 42.0 Å². The van der Waals surface area contributed by atoms with Crippen molar-refractivity contribution in [1.82, 2.24) is 10.6 Å². The van der Waals surface area contributed by atoms with Crippen molar-refractivity contribution in [3.63, 3.8) is 0 Å². The SMILES string of the molecule is CNC(=O)[C@H]1CN(C(=S)NCc2ccc(OC)cc2)c2ccccc2O1. The number of benzene rings is 2. The van der Waals surface area contributed by atoms with E-state index in [0.29, 0.717) is 24.0 Å². The molecule has 0 spiro atoms. The molecule has 0 bridgehead atoms. The number of thiocarbonyl (C=S) groups is 1. The number of nitrogens with zero attached hydrogens (tertiary/aromatic N) is 1. The molecule has 0 aromatic heterocycles. The van der Waals surface area contributed by atoms with Crippen molar-refractivity contribution < 1.29 is 14.3 Å². The number of nitrogens with one attached hydrogen (secondary N) is 2. The number of carbonyl (C=O) groups is 1. The highest BCUT2D eigenvalue weighted by molar-refractivity contribution is 7.80. The molecular weight excluding hydrogens is 350 g/mol. The summed E-state index contributed by atoms with van der Waals surface area (Å²) in [6, 6.07) is 15.3. The first kappa shape index (κ1) is 18.0. The number of hydrogen-bond donors (Lipinski definition) is 2. The lowest BCUT2D eigenvalue weighted by molar-refractivity contribution is -0.127. The fraction of sp³-hybridized carbons (Fsp3) is 0.263. The van der Waals surface area contributed by atoms with Crippen molar-refractivity contribution in [3.05, 3.63) is 54.1 Å². The third-order valence-electron chi connectivity index (χ3n) is 4.16. The van der Waals surface area contributed by atoms with Crippen LogP contribution >= 0.6 is 12.2 Å². The molecule has 0 radical (unpaired) electrons. The Bertz CT molecular complexity index is 795. The molecule has 0 aliphatic carbocycles. The highest BCUT2D eigenvalue weighted by atomic mass is 32.1. The summed E-state index contributed by atoms with van der Waals surface area (Å²) in [6.07, 6.45) is -0.615. The van der Waals surface area contributed by atoms with Crippen LogP contribution in [0.3, 0.4) is 0 Å². The molecule has 0 saturated carbocycles. The molecule has 3 rings (SSSR count). The lowest BCUT2D eigenvalue weighted by Gasteiger charge is -2.35. The van der Waals surface area contributed by atoms with Crippen LogP contribution < -0.4 is 25.0 Å². The minimum absolute atomic E-state index is 0.178. The predicted octanol–water partition coefficient (Wildman–Crippen LogP) is 2.08. The Morgan fingerprint density at radius 2 is 2.00 bits per heavy atom. The van der Waals surface area contributed by atoms with Crippen LogP contribution in [0, 0.1) is 0 Å². The largest absolute Gasteiger partial charge is 0.497 e. The molecule has 1 aliphatic heterocycles. The maximum absolute atomic E-state index is 12.0. The van der Waals surface area contributed by atoms with Gasteiger partial charge >= 0.3 is 0 Å². The van der Waals surface area contributed by atoms with Crippen LogP contribution in [0.15, 0.2) is 48.5 Å². The second kappa shape index (κ2) is 8.05. The van der Waals surface area contributed by atoms with E-state index in [1.807, 2.05) is 53.4 Å². The van der Waals surface area contributed by atoms with E-state index < -0.39 is 6.10 Å². The number of hydrogen-bond acceptors (Lipinski definition) is 4. The van der Waals surface area contributed by atoms with E-state index in [1.54, 1.807) is 14.2 Å². The van der Waals surface area contributed by atoms with Crippen molar-refractivity contribution in [2.24, 2.45) is 0 Å². The molecule has 2 N–H and O–H groups in total. The zero-order chi connectivity index (χ0) is 18.5. The van der Waals surface area contributed by atoms with Crippen LogP contribution in [-0.2, 0) is 11.3 Å². The van der Waals surface area contributed by atoms with Gasteiger partial charge in [-0.25, -0.2) is 0 Å². The summed E-state index contributed by atoms with van der Waals surface area (Å²) in [6.45, 7) is 0.929. The van der Waals surface area contributed by atoms with Gasteiger partial charge in [-0.15, -0.1) is 0 Å². The van der Waals surface area contributed by atoms with E-state index in [2.05, 4.69) is 10.6 Å². The van der Waals surface area contributed by atoms with Gasteiger partial charge in [0.1, 0.15) is 11.5 Å². The Kier molecular flexibility index (Phi) is 5.58. The molecule has 0 fully saturated rings. The average Bonchev–Trinajstić information content (AvgIpc) is 2.70. The number of ether oxygens (including phenoxy) is 2. The van der Waals surface area contributed by atoms with Crippen molar-refractivity contribution in [2.75, 3.05) is 25.6 Å². The van der Waals surface area contributed by atoms with Gasteiger partial charge in [0.2, 0.25) is 0 Å². The van der Waals surface area contributed by atoms with Crippen LogP contribution in [-0.4, -0.2) is 37.8 Å². The molecule has 1 amide bonds. The summed E-state index contributed by atoms with van der Waals surface area (Å²) in [7, 11) is 3.23. The maximum atomic E-state index is 12.0. The van der Waals surface area contributed by atoms with Gasteiger partial charge in [-0.1, -0.05) is 24.3 Å². The van der Waals surface area contributed by atoms with Gasteiger partial charge in [-0.3, -0.25) is 4.79 Å². The first-order chi connectivity index (χ1) is 12.6. The minimum Gasteiger partial charge on any atom is -0.497 e. The van der Waals surface area contributed by atoms with Crippen LogP contribution in [0.5, 0.6) is 11.5 Å². The number of likely N-dealkylation sites (N-methyl/N-ethyl adjacent to an activating group) is 1. The summed E-state index contributed by atoms with van der Waals surface area (Å²) in [5.41, 5.74) is 1.93. The van der Waals surface area contributed by atoms with Gasteiger partial charge in [0.15, 0.2) is 11.2 Å². The molecule has 1 heterocycles. The molecule has 2 aromatic carbocycles. The first-order valence-electron chi connectivity index (χ1n) is 8.28. The number of methoxy groups -OCH3 is 1. The highest BCUT2D eigenvalue weighted by Crippen LogP contribution is 2.33. The van der Waals surface area contributed by atoms with E-state index in [-0.39, 0.29) is 5.91 Å². The van der Waals surface area contributed by atoms with E-state index in [4.69, 9.17) is 21.7 Å². The topological polar surface area (TPSA) is 62.8 Å². The van der Waals surface area contributed by atoms with Crippen LogP contribution in [0.4, 0.5) is 5.69 Å². The Morgan fingerprint density at radius 3 is 2.69 bits per heavy atom. The summed E-state index contributed by atoms with van der Waals surface area (Å²) in [5, 5.41) is 6.43. The highest BCUT2D eigenvalue weighted by Gasteiger charge is 2.31. The fourth-order valence-corrected chi connectivity index (χ4v) is 2.99. The molecule has 6 nitrogen and oxygen atoms in total. The quantitative estimate of drug-likeness (QED) is 0.803. The molecule has 2 aromatic rings. The van der Waals surface area contributed by atoms with Crippen molar-refractivity contribution in [1.29, 1.82) is 0 Å². The van der Waals surface area contributed by atoms with Gasteiger partial charge in [0.05, 0.1) is 19.3 Å². The number of rotatable bonds is 4. The second-order valence-corrected chi connectivity index (χ2v) is 6.19. The number of amides is 1. The maximum Gasteiger partial charge on any atom is 0.262 e. The molecule has 136 valence electrons. The molecule has 7 heteroatoms. The Balaban J connectivity index is 1.73. The smallest absolute Gasteiger partial charge is 0.262 e. The standard InChI is InChI=1S/C19H21N3O3S/c1-20-18(23)17-12-22(15-5-3-4-6-16(15)25-17)19(26)21-11-13-7-9-14(24-2)10-8-13/h3-10,17H,11-12H2,1-2H3,(H,20,23)(H,21,26)/t17-/m1/s1. The Hall–Kier alpha value is -2.80. The zero-order valence-electron chi connectivity index (χ0n) is 14.7. The van der Waals surface area contributed by atoms with E-state index in [1.165, 1.54) is 0 Å². The number of fused-ring (bicyclic) bond motifs is 1. The van der Waals surface area contributed by atoms with Gasteiger partial charge in [0, 0.05) is 13.6 Å². The molecule has 26 heavy (non-hydrogen) atoms. The molecule has 1 aliphatic rings. The summed E-state index contributed by atoms with van der Waals surface area (Å²) < 4.78 is 11.0. The predicted molar refractivity (Wildman–Crippen MR) is 105 cm³/mol. The molecule has 0 unspecified atom stereocenters. The first-order valence-corrected chi connectivity index (χ1v) is 8.68. The Labute approximate surface area is 158 Å². The van der Waals surface area contributed by atoms with E-state index in [9.17, 15) is 4.79 Å². The molecule has 1 atom stereocenters. The average molecular weight is 371 g/mol. The zero-order valence-corrected chi connectivity index (χ0v) is 15.5. The van der Waals surface area contributed by atoms with Gasteiger partial charge < -0.3 is 25.0 Å². The number of anilines is 1. The Morgan fingerprint density at radius 1 is 1.27 bits per heavy atom. The van der Waals surface area contributed by atoms with Crippen molar-refractivity contribution in [3.8, 4) is 11.5 Å². The third kappa shape index (κ3) is 3.88. The normalized spacial score (nSPS) is 15.5. The van der Waals surface area contributed by atoms with E-state index in [0.717, 1.165) is 17.0 Å². The summed E-state index contributed by atoms with van der Waals surface area (Å²) >= 11 is 5.58. The lowest BCUT2D eigenvalue weighted by Crippen LogP contribution is -2.52. The molecular formula is C19H21N3O3S. The second-order valence-electron chi connectivity index (χ2n) is 5.81. The summed E-state index contributed by atoms with van der Waals surface area (Å²) in [4.78, 5) is 13.9. The van der Waals surface area contributed by atoms with Gasteiger partial charge in [0.25, 0.3) is 5.91 Å². The van der Waals surface area contributed by atoms with Gasteiger partial charge in [-0.2, -0.15) is 0 Å². The fourth-order valence-electron chi connectivity index (χ4n) is 2.74. The third-order valence-corrected chi connectivity index (χ3v) is 4.53. The minimum atomic E-state index is -0.615. The number of carbonyl (C=O) groups excluding carboxylic acids is 1. The van der Waals surface area contributed by atoms with Crippen LogP contribution in [0.1, 0.15) is 5.56 Å². The van der Waals surface area contributed by atoms with Crippen molar-refractivity contribution in [2.45, 2.75) is 12.6 Å². The lowest BCUT2D eigenvalue weighted by atomic mass is 10.2. The monoisotopic (exact) mass is 371 g/mol. The summed E-state index contributed by atoms with van der Waals surface area (Å²) in [5.74, 6) is 1.27. The molecule has 0 saturated heterocycles. The van der Waals surface area contributed by atoms with Crippen LogP contribution in [0.25, 0.3) is 0 Å². The van der Waals surface area contributed by atoms with E-state index >= 15 is 0 Å². The number of para-hydroxylation sites is 2. The van der Waals surface area contributed by atoms with Crippen molar-refractivity contribution >= 4 is 28.9 Å². The van der Waals surface area contributed by atoms with Crippen LogP contribution in [0.2, 0.25) is 0 Å².